The average molecular weight is 195 g/mol. The van der Waals surface area contributed by atoms with Crippen LogP contribution in [0.15, 0.2) is 60.7 Å². The first-order chi connectivity index (χ1) is 6.88. The Kier molecular flexibility index (Phi) is 2.88. The van der Waals surface area contributed by atoms with Crippen LogP contribution in [0.4, 0.5) is 11.4 Å². The molecule has 0 unspecified atom stereocenters. The van der Waals surface area contributed by atoms with E-state index in [1.807, 2.05) is 36.4 Å². The maximum absolute atomic E-state index is 2.72. The number of nitrogens with zero attached hydrogens (tertiary/aromatic N) is 1. The first-order valence-electron chi connectivity index (χ1n) is 4.53. The van der Waals surface area contributed by atoms with E-state index in [4.69, 9.17) is 0 Å². The number of benzene rings is 2. The van der Waals surface area contributed by atoms with Crippen LogP contribution in [0.1, 0.15) is 0 Å². The molecule has 0 saturated carbocycles. The highest BCUT2D eigenvalue weighted by atomic mass is 27.1. The zero-order valence-electron chi connectivity index (χ0n) is 7.80. The number of hydrogen-bond donors (Lipinski definition) is 0. The van der Waals surface area contributed by atoms with Crippen molar-refractivity contribution in [1.82, 2.24) is 0 Å². The van der Waals surface area contributed by atoms with Gasteiger partial charge in [-0.15, -0.1) is 0 Å². The predicted octanol–water partition coefficient (Wildman–Crippen LogP) is 2.91. The van der Waals surface area contributed by atoms with E-state index in [2.05, 4.69) is 44.7 Å². The number of rotatable bonds is 2. The first-order valence-corrected chi connectivity index (χ1v) is 5.04. The second-order valence-electron chi connectivity index (χ2n) is 3.04. The van der Waals surface area contributed by atoms with Crippen LogP contribution in [0.3, 0.4) is 0 Å². The summed E-state index contributed by atoms with van der Waals surface area (Å²) in [6, 6.07) is 20.5. The molecule has 14 heavy (non-hydrogen) atoms. The summed E-state index contributed by atoms with van der Waals surface area (Å²) in [5.41, 5.74) is 2.34. The largest absolute Gasteiger partial charge is 0.453 e. The Hall–Kier alpha value is -1.23. The van der Waals surface area contributed by atoms with Crippen LogP contribution >= 0.6 is 0 Å². The van der Waals surface area contributed by atoms with E-state index in [0.29, 0.717) is 0 Å². The molecule has 0 atom stereocenters. The Morgan fingerprint density at radius 1 is 0.643 bits per heavy atom. The highest BCUT2D eigenvalue weighted by Crippen LogP contribution is 2.21. The van der Waals surface area contributed by atoms with Gasteiger partial charge in [0.15, 0.2) is 0 Å². The molecule has 2 heteroatoms. The van der Waals surface area contributed by atoms with Crippen LogP contribution in [-0.4, -0.2) is 16.5 Å². The molecule has 2 aromatic carbocycles. The van der Waals surface area contributed by atoms with Gasteiger partial charge in [0, 0.05) is 11.4 Å². The van der Waals surface area contributed by atoms with E-state index in [9.17, 15) is 0 Å². The molecule has 0 saturated heterocycles. The molecule has 0 fully saturated rings. The molecule has 2 rings (SSSR count). The van der Waals surface area contributed by atoms with Gasteiger partial charge in [0.2, 0.25) is 0 Å². The van der Waals surface area contributed by atoms with Gasteiger partial charge < -0.3 is 3.88 Å². The Morgan fingerprint density at radius 3 is 1.36 bits per heavy atom. The lowest BCUT2D eigenvalue weighted by Gasteiger charge is -2.21. The third kappa shape index (κ3) is 1.98. The summed E-state index contributed by atoms with van der Waals surface area (Å²) in [5.74, 6) is 0. The van der Waals surface area contributed by atoms with E-state index >= 15 is 0 Å². The van der Waals surface area contributed by atoms with Crippen molar-refractivity contribution in [3.8, 4) is 0 Å². The highest BCUT2D eigenvalue weighted by molar-refractivity contribution is 6.22. The van der Waals surface area contributed by atoms with Crippen LogP contribution in [0.5, 0.6) is 0 Å². The normalized spacial score (nSPS) is 9.71. The summed E-state index contributed by atoms with van der Waals surface area (Å²) in [5, 5.41) is 0. The summed E-state index contributed by atoms with van der Waals surface area (Å²) in [7, 11) is 0. The van der Waals surface area contributed by atoms with Crippen molar-refractivity contribution in [2.24, 2.45) is 0 Å². The lowest BCUT2D eigenvalue weighted by molar-refractivity contribution is 1.41. The van der Waals surface area contributed by atoms with Crippen LogP contribution in [-0.2, 0) is 0 Å². The van der Waals surface area contributed by atoms with Crippen molar-refractivity contribution in [3.05, 3.63) is 60.7 Å². The lowest BCUT2D eigenvalue weighted by atomic mass is 10.3. The third-order valence-electron chi connectivity index (χ3n) is 2.07. The Morgan fingerprint density at radius 2 is 1.00 bits per heavy atom. The van der Waals surface area contributed by atoms with E-state index in [-0.39, 0.29) is 0 Å². The fourth-order valence-corrected chi connectivity index (χ4v) is 1.67. The minimum Gasteiger partial charge on any atom is -0.453 e. The van der Waals surface area contributed by atoms with Gasteiger partial charge in [-0.3, -0.25) is 0 Å². The van der Waals surface area contributed by atoms with Crippen molar-refractivity contribution >= 4 is 27.9 Å². The Labute approximate surface area is 92.6 Å². The predicted molar refractivity (Wildman–Crippen MR) is 60.8 cm³/mol. The average Bonchev–Trinajstić information content (AvgIpc) is 2.30. The molecule has 2 radical (unpaired) electrons. The summed E-state index contributed by atoms with van der Waals surface area (Å²) in [4.78, 5) is 0. The van der Waals surface area contributed by atoms with Crippen molar-refractivity contribution in [3.63, 3.8) is 0 Å². The molecular weight excluding hydrogens is 185 g/mol. The monoisotopic (exact) mass is 195 g/mol. The first kappa shape index (κ1) is 9.33. The fourth-order valence-electron chi connectivity index (χ4n) is 1.33. The van der Waals surface area contributed by atoms with Crippen molar-refractivity contribution in [1.29, 1.82) is 0 Å². The molecule has 0 amide bonds. The summed E-state index contributed by atoms with van der Waals surface area (Å²) in [6.45, 7) is 0. The summed E-state index contributed by atoms with van der Waals surface area (Å²) in [6.07, 6.45) is 0. The fraction of sp³-hybridized carbons (Fsp3) is 0. The van der Waals surface area contributed by atoms with Crippen LogP contribution in [0.2, 0.25) is 0 Å². The van der Waals surface area contributed by atoms with E-state index in [1.54, 1.807) is 0 Å². The van der Waals surface area contributed by atoms with Gasteiger partial charge in [0.05, 0.1) is 0 Å². The van der Waals surface area contributed by atoms with Gasteiger partial charge in [0.25, 0.3) is 0 Å². The van der Waals surface area contributed by atoms with Gasteiger partial charge in [-0.1, -0.05) is 36.4 Å². The molecule has 0 aromatic heterocycles. The molecule has 2 aromatic rings. The van der Waals surface area contributed by atoms with Gasteiger partial charge in [0.1, 0.15) is 0 Å². The molecule has 0 aliphatic carbocycles. The molecular formula is C12H10AlN. The van der Waals surface area contributed by atoms with E-state index in [0.717, 1.165) is 0 Å². The second kappa shape index (κ2) is 4.33. The molecule has 66 valence electrons. The lowest BCUT2D eigenvalue weighted by Crippen LogP contribution is -2.10. The minimum absolute atomic E-state index is 1.17. The highest BCUT2D eigenvalue weighted by Gasteiger charge is 1.99. The zero-order valence-corrected chi connectivity index (χ0v) is 8.95. The molecule has 0 N–H and O–H groups in total. The molecule has 0 aliphatic heterocycles. The maximum Gasteiger partial charge on any atom is 0.318 e. The van der Waals surface area contributed by atoms with E-state index < -0.39 is 0 Å². The quantitative estimate of drug-likeness (QED) is 0.666. The summed E-state index contributed by atoms with van der Waals surface area (Å²) >= 11 is 2.72. The molecule has 1 nitrogen and oxygen atoms in total. The smallest absolute Gasteiger partial charge is 0.318 e. The van der Waals surface area contributed by atoms with Crippen molar-refractivity contribution < 1.29 is 0 Å². The standard InChI is InChI=1S/C12H10N.Al/c1-3-7-11(8-4-1)13-12-9-5-2-6-10-12;/h1-10H;/q-1;+1. The van der Waals surface area contributed by atoms with Crippen molar-refractivity contribution in [2.45, 2.75) is 0 Å². The SMILES string of the molecule is [Al][N](c1ccccc1)c1ccccc1. The van der Waals surface area contributed by atoms with Crippen LogP contribution < -0.4 is 3.88 Å². The zero-order chi connectivity index (χ0) is 9.80. The number of hydrogen-bond acceptors (Lipinski definition) is 1. The third-order valence-corrected chi connectivity index (χ3v) is 2.67. The van der Waals surface area contributed by atoms with Gasteiger partial charge in [-0.25, -0.2) is 0 Å². The minimum atomic E-state index is 1.17. The second-order valence-corrected chi connectivity index (χ2v) is 3.56. The topological polar surface area (TPSA) is 3.24 Å². The van der Waals surface area contributed by atoms with E-state index in [1.165, 1.54) is 11.4 Å². The molecule has 0 aliphatic rings. The van der Waals surface area contributed by atoms with Gasteiger partial charge in [-0.05, 0) is 24.3 Å². The van der Waals surface area contributed by atoms with Crippen LogP contribution in [0, 0.1) is 0 Å². The molecule has 0 bridgehead atoms. The number of para-hydroxylation sites is 2. The van der Waals surface area contributed by atoms with Gasteiger partial charge >= 0.3 is 16.5 Å². The Bertz CT molecular complexity index is 346. The summed E-state index contributed by atoms with van der Waals surface area (Å²) < 4.78 is 2.08. The Balaban J connectivity index is 2.30. The van der Waals surface area contributed by atoms with Crippen LogP contribution in [0.25, 0.3) is 0 Å². The maximum atomic E-state index is 2.72. The van der Waals surface area contributed by atoms with Crippen molar-refractivity contribution in [2.75, 3.05) is 3.88 Å². The number of anilines is 2. The van der Waals surface area contributed by atoms with Gasteiger partial charge in [-0.2, -0.15) is 0 Å². The molecule has 0 heterocycles. The molecule has 0 spiro atoms.